The molecule has 0 amide bonds. The van der Waals surface area contributed by atoms with E-state index in [4.69, 9.17) is 17.7 Å². The lowest BCUT2D eigenvalue weighted by atomic mass is 10.1. The van der Waals surface area contributed by atoms with Crippen molar-refractivity contribution in [3.8, 4) is 0 Å². The largest absolute Gasteiger partial charge is 0.414 e. The highest BCUT2D eigenvalue weighted by Crippen LogP contribution is 2.47. The molecule has 2 saturated heterocycles. The van der Waals surface area contributed by atoms with Gasteiger partial charge in [0.05, 0.1) is 18.8 Å². The topological polar surface area (TPSA) is 57.2 Å². The highest BCUT2D eigenvalue weighted by atomic mass is 28.5. The number of hydrogen-bond acceptors (Lipinski definition) is 5. The van der Waals surface area contributed by atoms with E-state index in [1.807, 2.05) is 0 Å². The molecule has 0 saturated carbocycles. The first kappa shape index (κ1) is 23.5. The lowest BCUT2D eigenvalue weighted by molar-refractivity contribution is -0.0400. The second-order valence-electron chi connectivity index (χ2n) is 9.53. The Hall–Kier alpha value is 0.234. The quantitative estimate of drug-likeness (QED) is 0.598. The van der Waals surface area contributed by atoms with Gasteiger partial charge in [-0.15, -0.1) is 0 Å². The fraction of sp³-hybridized carbons (Fsp3) is 1.00. The van der Waals surface area contributed by atoms with Crippen LogP contribution in [0.15, 0.2) is 0 Å². The molecule has 0 aliphatic carbocycles. The van der Waals surface area contributed by atoms with Crippen molar-refractivity contribution in [2.45, 2.75) is 115 Å². The fourth-order valence-corrected chi connectivity index (χ4v) is 16.0. The molecule has 0 aromatic carbocycles. The van der Waals surface area contributed by atoms with Gasteiger partial charge in [-0.1, -0.05) is 55.4 Å². The van der Waals surface area contributed by atoms with Crippen molar-refractivity contribution in [1.82, 2.24) is 0 Å². The summed E-state index contributed by atoms with van der Waals surface area (Å²) in [5.74, 6) is 0. The molecule has 5 nitrogen and oxygen atoms in total. The van der Waals surface area contributed by atoms with Crippen molar-refractivity contribution in [3.05, 3.63) is 0 Å². The maximum Gasteiger partial charge on any atom is 0.335 e. The summed E-state index contributed by atoms with van der Waals surface area (Å²) in [5, 5.41) is 9.18. The van der Waals surface area contributed by atoms with E-state index in [9.17, 15) is 5.11 Å². The Kier molecular flexibility index (Phi) is 8.16. The summed E-state index contributed by atoms with van der Waals surface area (Å²) in [6.07, 6.45) is 2.69. The summed E-state index contributed by atoms with van der Waals surface area (Å²) >= 11 is 0. The lowest BCUT2D eigenvalue weighted by Crippen LogP contribution is -2.65. The number of rotatable bonds is 7. The zero-order valence-electron chi connectivity index (χ0n) is 18.7. The molecule has 2 aliphatic heterocycles. The molecule has 27 heavy (non-hydrogen) atoms. The number of aliphatic hydroxyl groups is 1. The third-order valence-corrected chi connectivity index (χ3v) is 16.6. The van der Waals surface area contributed by atoms with Crippen LogP contribution in [0, 0.1) is 0 Å². The van der Waals surface area contributed by atoms with E-state index in [1.165, 1.54) is 0 Å². The minimum atomic E-state index is -2.52. The molecule has 2 heterocycles. The van der Waals surface area contributed by atoms with Crippen LogP contribution in [0.25, 0.3) is 0 Å². The van der Waals surface area contributed by atoms with Crippen LogP contribution in [0.5, 0.6) is 0 Å². The van der Waals surface area contributed by atoms with Crippen LogP contribution in [0.2, 0.25) is 22.2 Å². The van der Waals surface area contributed by atoms with Gasteiger partial charge in [0.1, 0.15) is 6.10 Å². The van der Waals surface area contributed by atoms with E-state index in [2.05, 4.69) is 55.4 Å². The predicted octanol–water partition coefficient (Wildman–Crippen LogP) is 4.87. The standard InChI is InChI=1S/C20H42O5Si2/c1-14(2)26(15(3)4)22-13-20-19(12-18(23-20)10-9-11-21)24-27(25-26,16(5)6)17(7)8/h14-21H,9-13H2,1-8H3/t18-,19+,20+/m0/s1. The second kappa shape index (κ2) is 9.36. The minimum Gasteiger partial charge on any atom is -0.414 e. The molecule has 0 radical (unpaired) electrons. The van der Waals surface area contributed by atoms with Gasteiger partial charge in [-0.2, -0.15) is 0 Å². The highest BCUT2D eigenvalue weighted by molar-refractivity contribution is 6.83. The molecule has 0 bridgehead atoms. The van der Waals surface area contributed by atoms with Gasteiger partial charge in [-0.05, 0) is 35.0 Å². The van der Waals surface area contributed by atoms with Gasteiger partial charge in [0, 0.05) is 13.0 Å². The Morgan fingerprint density at radius 3 is 1.89 bits per heavy atom. The van der Waals surface area contributed by atoms with Crippen molar-refractivity contribution in [2.75, 3.05) is 13.2 Å². The molecule has 0 aromatic rings. The zero-order chi connectivity index (χ0) is 20.4. The van der Waals surface area contributed by atoms with Gasteiger partial charge < -0.3 is 22.8 Å². The Balaban J connectivity index is 2.39. The van der Waals surface area contributed by atoms with Crippen molar-refractivity contribution in [3.63, 3.8) is 0 Å². The lowest BCUT2D eigenvalue weighted by Gasteiger charge is -2.51. The highest BCUT2D eigenvalue weighted by Gasteiger charge is 2.59. The molecule has 0 aromatic heterocycles. The van der Waals surface area contributed by atoms with Gasteiger partial charge >= 0.3 is 17.1 Å². The number of ether oxygens (including phenoxy) is 1. The summed E-state index contributed by atoms with van der Waals surface area (Å²) in [7, 11) is -4.99. The molecule has 160 valence electrons. The van der Waals surface area contributed by atoms with Gasteiger partial charge in [0.2, 0.25) is 0 Å². The van der Waals surface area contributed by atoms with Crippen LogP contribution in [-0.2, 0) is 17.7 Å². The van der Waals surface area contributed by atoms with Gasteiger partial charge in [0.25, 0.3) is 0 Å². The van der Waals surface area contributed by atoms with Crippen LogP contribution in [0.1, 0.15) is 74.7 Å². The zero-order valence-corrected chi connectivity index (χ0v) is 20.7. The molecule has 3 atom stereocenters. The van der Waals surface area contributed by atoms with E-state index in [-0.39, 0.29) is 24.9 Å². The summed E-state index contributed by atoms with van der Waals surface area (Å²) in [6, 6.07) is 0. The number of hydrogen-bond donors (Lipinski definition) is 1. The molecule has 1 N–H and O–H groups in total. The predicted molar refractivity (Wildman–Crippen MR) is 113 cm³/mol. The van der Waals surface area contributed by atoms with Crippen molar-refractivity contribution in [1.29, 1.82) is 0 Å². The van der Waals surface area contributed by atoms with E-state index < -0.39 is 17.1 Å². The van der Waals surface area contributed by atoms with Crippen LogP contribution >= 0.6 is 0 Å². The van der Waals surface area contributed by atoms with E-state index >= 15 is 0 Å². The van der Waals surface area contributed by atoms with E-state index in [1.54, 1.807) is 0 Å². The molecular weight excluding hydrogens is 376 g/mol. The molecule has 0 unspecified atom stereocenters. The molecular formula is C20H42O5Si2. The van der Waals surface area contributed by atoms with Gasteiger partial charge in [-0.25, -0.2) is 0 Å². The van der Waals surface area contributed by atoms with Crippen LogP contribution < -0.4 is 0 Å². The Morgan fingerprint density at radius 2 is 1.41 bits per heavy atom. The number of aliphatic hydroxyl groups excluding tert-OH is 1. The average Bonchev–Trinajstić information content (AvgIpc) is 2.93. The van der Waals surface area contributed by atoms with Crippen LogP contribution in [0.3, 0.4) is 0 Å². The molecule has 2 rings (SSSR count). The first-order chi connectivity index (χ1) is 12.6. The van der Waals surface area contributed by atoms with Crippen molar-refractivity contribution < 1.29 is 22.8 Å². The first-order valence-corrected chi connectivity index (χ1v) is 14.8. The van der Waals surface area contributed by atoms with Crippen molar-refractivity contribution in [2.24, 2.45) is 0 Å². The molecule has 0 spiro atoms. The van der Waals surface area contributed by atoms with Crippen molar-refractivity contribution >= 4 is 17.1 Å². The molecule has 2 aliphatic rings. The maximum absolute atomic E-state index is 9.18. The SMILES string of the molecule is CC(C)[Si]1(C(C)C)OC[C@H]2O[C@@H](CCCO)C[C@H]2O[Si](C(C)C)(C(C)C)O1. The fourth-order valence-electron chi connectivity index (χ4n) is 4.74. The Bertz CT molecular complexity index is 453. The summed E-state index contributed by atoms with van der Waals surface area (Å²) in [6.45, 7) is 18.7. The third kappa shape index (κ3) is 4.70. The number of fused-ring (bicyclic) bond motifs is 1. The van der Waals surface area contributed by atoms with Crippen LogP contribution in [-0.4, -0.2) is 53.8 Å². The third-order valence-electron chi connectivity index (χ3n) is 6.31. The summed E-state index contributed by atoms with van der Waals surface area (Å²) in [5.41, 5.74) is 1.41. The summed E-state index contributed by atoms with van der Waals surface area (Å²) in [4.78, 5) is 0. The van der Waals surface area contributed by atoms with E-state index in [0.717, 1.165) is 19.3 Å². The Morgan fingerprint density at radius 1 is 0.852 bits per heavy atom. The van der Waals surface area contributed by atoms with E-state index in [0.29, 0.717) is 28.8 Å². The Labute approximate surface area is 168 Å². The van der Waals surface area contributed by atoms with Crippen LogP contribution in [0.4, 0.5) is 0 Å². The molecule has 2 fully saturated rings. The monoisotopic (exact) mass is 418 g/mol. The second-order valence-corrected chi connectivity index (χ2v) is 18.4. The normalized spacial score (nSPS) is 30.8. The maximum atomic E-state index is 9.18. The molecule has 7 heteroatoms. The first-order valence-electron chi connectivity index (χ1n) is 10.9. The smallest absolute Gasteiger partial charge is 0.335 e. The summed E-state index contributed by atoms with van der Waals surface area (Å²) < 4.78 is 27.2. The van der Waals surface area contributed by atoms with Gasteiger partial charge in [-0.3, -0.25) is 0 Å². The average molecular weight is 419 g/mol. The minimum absolute atomic E-state index is 0.0219. The van der Waals surface area contributed by atoms with Gasteiger partial charge in [0.15, 0.2) is 0 Å².